The lowest BCUT2D eigenvalue weighted by Gasteiger charge is -2.15. The first kappa shape index (κ1) is 15.7. The van der Waals surface area contributed by atoms with Crippen molar-refractivity contribution < 1.29 is 4.74 Å². The highest BCUT2D eigenvalue weighted by Gasteiger charge is 2.07. The molecule has 96 valence electrons. The molecule has 0 aromatic heterocycles. The van der Waals surface area contributed by atoms with Crippen LogP contribution in [0.4, 0.5) is 0 Å². The topological polar surface area (TPSA) is 35.2 Å². The van der Waals surface area contributed by atoms with Crippen molar-refractivity contribution in [2.75, 3.05) is 0 Å². The van der Waals surface area contributed by atoms with E-state index in [0.29, 0.717) is 0 Å². The number of unbranched alkanes of at least 4 members (excludes halogenated alkanes) is 6. The second-order valence-corrected chi connectivity index (χ2v) is 4.78. The fraction of sp³-hybridized carbons (Fsp3) is 0.923. The fourth-order valence-electron chi connectivity index (χ4n) is 1.84. The van der Waals surface area contributed by atoms with Crippen LogP contribution in [0, 0.1) is 0 Å². The van der Waals surface area contributed by atoms with Gasteiger partial charge >= 0.3 is 0 Å². The SMILES string of the molecule is CCCCCCCCCC(CC)OC(N)=S. The monoisotopic (exact) mass is 245 g/mol. The van der Waals surface area contributed by atoms with Gasteiger partial charge < -0.3 is 10.5 Å². The second kappa shape index (κ2) is 11.2. The second-order valence-electron chi connectivity index (χ2n) is 4.38. The predicted molar refractivity (Wildman–Crippen MR) is 74.6 cm³/mol. The number of nitrogens with two attached hydrogens (primary N) is 1. The van der Waals surface area contributed by atoms with Crippen LogP contribution in [-0.4, -0.2) is 11.3 Å². The average Bonchev–Trinajstić information content (AvgIpc) is 2.25. The van der Waals surface area contributed by atoms with Crippen molar-refractivity contribution in [3.05, 3.63) is 0 Å². The van der Waals surface area contributed by atoms with Gasteiger partial charge in [-0.15, -0.1) is 0 Å². The summed E-state index contributed by atoms with van der Waals surface area (Å²) in [6.45, 7) is 4.36. The normalized spacial score (nSPS) is 12.4. The molecule has 0 spiro atoms. The summed E-state index contributed by atoms with van der Waals surface area (Å²) >= 11 is 4.74. The van der Waals surface area contributed by atoms with Gasteiger partial charge in [0.25, 0.3) is 5.17 Å². The van der Waals surface area contributed by atoms with Crippen LogP contribution < -0.4 is 5.73 Å². The van der Waals surface area contributed by atoms with Crippen molar-refractivity contribution in [3.8, 4) is 0 Å². The Bertz CT molecular complexity index is 173. The third kappa shape index (κ3) is 10.2. The first-order valence-electron chi connectivity index (χ1n) is 6.66. The molecule has 16 heavy (non-hydrogen) atoms. The molecule has 3 heteroatoms. The van der Waals surface area contributed by atoms with Gasteiger partial charge in [-0.2, -0.15) is 0 Å². The van der Waals surface area contributed by atoms with Crippen molar-refractivity contribution in [1.29, 1.82) is 0 Å². The van der Waals surface area contributed by atoms with Gasteiger partial charge in [0, 0.05) is 0 Å². The summed E-state index contributed by atoms with van der Waals surface area (Å²) in [6, 6.07) is 0. The molecular weight excluding hydrogens is 218 g/mol. The summed E-state index contributed by atoms with van der Waals surface area (Å²) in [4.78, 5) is 0. The van der Waals surface area contributed by atoms with Crippen LogP contribution in [0.25, 0.3) is 0 Å². The molecule has 0 radical (unpaired) electrons. The molecule has 0 aliphatic carbocycles. The van der Waals surface area contributed by atoms with Crippen LogP contribution >= 0.6 is 12.2 Å². The Labute approximate surface area is 106 Å². The van der Waals surface area contributed by atoms with Gasteiger partial charge in [-0.25, -0.2) is 0 Å². The predicted octanol–water partition coefficient (Wildman–Crippen LogP) is 4.17. The van der Waals surface area contributed by atoms with Crippen molar-refractivity contribution in [3.63, 3.8) is 0 Å². The van der Waals surface area contributed by atoms with Gasteiger partial charge in [-0.05, 0) is 31.5 Å². The molecule has 0 aromatic rings. The third-order valence-corrected chi connectivity index (χ3v) is 2.96. The van der Waals surface area contributed by atoms with Crippen LogP contribution in [0.3, 0.4) is 0 Å². The highest BCUT2D eigenvalue weighted by atomic mass is 32.1. The Morgan fingerprint density at radius 2 is 1.62 bits per heavy atom. The molecule has 0 saturated heterocycles. The van der Waals surface area contributed by atoms with E-state index in [0.717, 1.165) is 12.8 Å². The Balaban J connectivity index is 3.31. The number of hydrogen-bond acceptors (Lipinski definition) is 2. The summed E-state index contributed by atoms with van der Waals surface area (Å²) in [5.41, 5.74) is 5.36. The summed E-state index contributed by atoms with van der Waals surface area (Å²) in [5.74, 6) is 0. The van der Waals surface area contributed by atoms with Gasteiger partial charge in [0.15, 0.2) is 0 Å². The number of thiocarbonyl (C=S) groups is 1. The molecule has 0 aliphatic rings. The van der Waals surface area contributed by atoms with Crippen LogP contribution in [0.5, 0.6) is 0 Å². The standard InChI is InChI=1S/C13H27NOS/c1-3-5-6-7-8-9-10-11-12(4-2)15-13(14)16/h12H,3-11H2,1-2H3,(H2,14,16). The first-order valence-corrected chi connectivity index (χ1v) is 7.07. The van der Waals surface area contributed by atoms with Gasteiger partial charge in [0.2, 0.25) is 0 Å². The van der Waals surface area contributed by atoms with Crippen molar-refractivity contribution in [2.45, 2.75) is 77.7 Å². The number of ether oxygens (including phenoxy) is 1. The van der Waals surface area contributed by atoms with Crippen LogP contribution in [-0.2, 0) is 4.74 Å². The summed E-state index contributed by atoms with van der Waals surface area (Å²) in [5, 5.41) is 0.190. The molecule has 0 saturated carbocycles. The van der Waals surface area contributed by atoms with Gasteiger partial charge in [0.1, 0.15) is 6.10 Å². The molecule has 0 aromatic carbocycles. The smallest absolute Gasteiger partial charge is 0.254 e. The summed E-state index contributed by atoms with van der Waals surface area (Å²) in [6.07, 6.45) is 11.7. The van der Waals surface area contributed by atoms with E-state index in [4.69, 9.17) is 22.7 Å². The van der Waals surface area contributed by atoms with Crippen molar-refractivity contribution in [1.82, 2.24) is 0 Å². The maximum atomic E-state index is 5.36. The van der Waals surface area contributed by atoms with Gasteiger partial charge in [-0.3, -0.25) is 0 Å². The van der Waals surface area contributed by atoms with E-state index in [2.05, 4.69) is 13.8 Å². The largest absolute Gasteiger partial charge is 0.468 e. The minimum Gasteiger partial charge on any atom is -0.468 e. The molecule has 0 fully saturated rings. The van der Waals surface area contributed by atoms with E-state index >= 15 is 0 Å². The van der Waals surface area contributed by atoms with Gasteiger partial charge in [-0.1, -0.05) is 52.4 Å². The molecule has 0 bridgehead atoms. The van der Waals surface area contributed by atoms with E-state index in [1.165, 1.54) is 44.9 Å². The summed E-state index contributed by atoms with van der Waals surface area (Å²) in [7, 11) is 0. The van der Waals surface area contributed by atoms with Crippen LogP contribution in [0.2, 0.25) is 0 Å². The highest BCUT2D eigenvalue weighted by Crippen LogP contribution is 2.12. The van der Waals surface area contributed by atoms with E-state index in [-0.39, 0.29) is 11.3 Å². The summed E-state index contributed by atoms with van der Waals surface area (Å²) < 4.78 is 5.35. The zero-order chi connectivity index (χ0) is 12.2. The minimum absolute atomic E-state index is 0.190. The molecule has 0 amide bonds. The zero-order valence-electron chi connectivity index (χ0n) is 10.8. The van der Waals surface area contributed by atoms with Crippen molar-refractivity contribution in [2.24, 2.45) is 5.73 Å². The lowest BCUT2D eigenvalue weighted by molar-refractivity contribution is 0.172. The molecule has 0 rings (SSSR count). The van der Waals surface area contributed by atoms with E-state index in [1.54, 1.807) is 0 Å². The molecule has 2 nitrogen and oxygen atoms in total. The van der Waals surface area contributed by atoms with Crippen LogP contribution in [0.1, 0.15) is 71.6 Å². The minimum atomic E-state index is 0.190. The first-order chi connectivity index (χ1) is 7.70. The Kier molecular flexibility index (Phi) is 11.0. The molecular formula is C13H27NOS. The lowest BCUT2D eigenvalue weighted by atomic mass is 10.1. The Morgan fingerprint density at radius 1 is 1.06 bits per heavy atom. The van der Waals surface area contributed by atoms with E-state index < -0.39 is 0 Å². The average molecular weight is 245 g/mol. The molecule has 1 atom stereocenters. The Morgan fingerprint density at radius 3 is 2.12 bits per heavy atom. The van der Waals surface area contributed by atoms with E-state index in [1.807, 2.05) is 0 Å². The molecule has 1 unspecified atom stereocenters. The lowest BCUT2D eigenvalue weighted by Crippen LogP contribution is -2.21. The quantitative estimate of drug-likeness (QED) is 0.463. The molecule has 0 heterocycles. The Hall–Kier alpha value is -0.310. The van der Waals surface area contributed by atoms with E-state index in [9.17, 15) is 0 Å². The maximum Gasteiger partial charge on any atom is 0.254 e. The fourth-order valence-corrected chi connectivity index (χ4v) is 1.98. The number of rotatable bonds is 10. The third-order valence-electron chi connectivity index (χ3n) is 2.87. The molecule has 0 aliphatic heterocycles. The molecule has 2 N–H and O–H groups in total. The highest BCUT2D eigenvalue weighted by molar-refractivity contribution is 7.80. The van der Waals surface area contributed by atoms with Crippen LogP contribution in [0.15, 0.2) is 0 Å². The van der Waals surface area contributed by atoms with Gasteiger partial charge in [0.05, 0.1) is 0 Å². The van der Waals surface area contributed by atoms with Crippen molar-refractivity contribution >= 4 is 17.4 Å². The maximum absolute atomic E-state index is 5.36. The zero-order valence-corrected chi connectivity index (χ0v) is 11.7. The number of hydrogen-bond donors (Lipinski definition) is 1.